The van der Waals surface area contributed by atoms with Crippen LogP contribution in [-0.2, 0) is 15.6 Å². The third kappa shape index (κ3) is 4.39. The Morgan fingerprint density at radius 1 is 1.24 bits per heavy atom. The number of hydrogen-bond acceptors (Lipinski definition) is 3. The zero-order valence-electron chi connectivity index (χ0n) is 11.4. The number of carbonyl (C=O) groups excluding carboxylic acids is 1. The van der Waals surface area contributed by atoms with Gasteiger partial charge in [0.1, 0.15) is 11.6 Å². The van der Waals surface area contributed by atoms with Crippen molar-refractivity contribution >= 4 is 28.1 Å². The van der Waals surface area contributed by atoms with Crippen LogP contribution in [0.25, 0.3) is 0 Å². The zero-order chi connectivity index (χ0) is 15.4. The summed E-state index contributed by atoms with van der Waals surface area (Å²) in [6.07, 6.45) is 0. The highest BCUT2D eigenvalue weighted by molar-refractivity contribution is 7.85. The number of rotatable bonds is 4. The SMILES string of the molecule is Cc1ccc(NC(=O)CS(=O)c2cc(N)cc(F)c2)cc1. The Labute approximate surface area is 124 Å². The molecule has 2 rings (SSSR count). The number of nitrogens with two attached hydrogens (primary N) is 1. The smallest absolute Gasteiger partial charge is 0.237 e. The Balaban J connectivity index is 2.01. The minimum atomic E-state index is -1.64. The highest BCUT2D eigenvalue weighted by Crippen LogP contribution is 2.15. The summed E-state index contributed by atoms with van der Waals surface area (Å²) in [5, 5.41) is 2.64. The zero-order valence-corrected chi connectivity index (χ0v) is 12.2. The van der Waals surface area contributed by atoms with Crippen LogP contribution in [-0.4, -0.2) is 15.9 Å². The van der Waals surface area contributed by atoms with Gasteiger partial charge in [-0.2, -0.15) is 0 Å². The van der Waals surface area contributed by atoms with Crippen LogP contribution in [0.4, 0.5) is 15.8 Å². The van der Waals surface area contributed by atoms with Gasteiger partial charge in [-0.05, 0) is 37.3 Å². The first kappa shape index (κ1) is 15.2. The number of amides is 1. The number of nitrogens with one attached hydrogen (secondary N) is 1. The van der Waals surface area contributed by atoms with Crippen LogP contribution in [0, 0.1) is 12.7 Å². The Hall–Kier alpha value is -2.21. The Kier molecular flexibility index (Phi) is 4.70. The molecule has 0 bridgehead atoms. The van der Waals surface area contributed by atoms with Crippen molar-refractivity contribution in [2.24, 2.45) is 0 Å². The van der Waals surface area contributed by atoms with Crippen LogP contribution in [0.15, 0.2) is 47.4 Å². The molecule has 1 atom stereocenters. The van der Waals surface area contributed by atoms with Gasteiger partial charge in [-0.25, -0.2) is 4.39 Å². The van der Waals surface area contributed by atoms with Gasteiger partial charge in [0.25, 0.3) is 0 Å². The largest absolute Gasteiger partial charge is 0.399 e. The van der Waals surface area contributed by atoms with E-state index >= 15 is 0 Å². The molecule has 2 aromatic carbocycles. The van der Waals surface area contributed by atoms with Crippen molar-refractivity contribution in [3.63, 3.8) is 0 Å². The first-order valence-electron chi connectivity index (χ1n) is 6.25. The van der Waals surface area contributed by atoms with Gasteiger partial charge in [-0.3, -0.25) is 9.00 Å². The van der Waals surface area contributed by atoms with E-state index in [1.165, 1.54) is 6.07 Å². The Bertz CT molecular complexity index is 666. The second kappa shape index (κ2) is 6.49. The van der Waals surface area contributed by atoms with Crippen molar-refractivity contribution in [2.75, 3.05) is 16.8 Å². The standard InChI is InChI=1S/C15H15FN2O2S/c1-10-2-4-13(5-3-10)18-15(19)9-21(20)14-7-11(16)6-12(17)8-14/h2-8H,9,17H2,1H3,(H,18,19). The van der Waals surface area contributed by atoms with E-state index < -0.39 is 22.5 Å². The lowest BCUT2D eigenvalue weighted by Crippen LogP contribution is -2.19. The molecule has 0 fully saturated rings. The highest BCUT2D eigenvalue weighted by Gasteiger charge is 2.12. The van der Waals surface area contributed by atoms with Crippen LogP contribution in [0.1, 0.15) is 5.56 Å². The predicted octanol–water partition coefficient (Wildman–Crippen LogP) is 2.46. The molecule has 4 nitrogen and oxygen atoms in total. The number of hydrogen-bond donors (Lipinski definition) is 2. The van der Waals surface area contributed by atoms with Gasteiger partial charge in [0, 0.05) is 16.3 Å². The molecule has 0 spiro atoms. The normalized spacial score (nSPS) is 11.9. The second-order valence-electron chi connectivity index (χ2n) is 4.62. The lowest BCUT2D eigenvalue weighted by atomic mass is 10.2. The minimum Gasteiger partial charge on any atom is -0.399 e. The molecule has 0 aliphatic heterocycles. The van der Waals surface area contributed by atoms with E-state index in [1.54, 1.807) is 12.1 Å². The molecule has 1 amide bonds. The molecule has 0 radical (unpaired) electrons. The molecule has 0 aliphatic carbocycles. The molecule has 2 aromatic rings. The topological polar surface area (TPSA) is 72.2 Å². The van der Waals surface area contributed by atoms with Crippen molar-refractivity contribution < 1.29 is 13.4 Å². The van der Waals surface area contributed by atoms with E-state index in [2.05, 4.69) is 5.32 Å². The average Bonchev–Trinajstić information content (AvgIpc) is 2.40. The summed E-state index contributed by atoms with van der Waals surface area (Å²) in [6.45, 7) is 1.94. The first-order valence-corrected chi connectivity index (χ1v) is 7.57. The maximum absolute atomic E-state index is 13.2. The molecule has 3 N–H and O–H groups in total. The molecule has 0 aromatic heterocycles. The number of aryl methyl sites for hydroxylation is 1. The van der Waals surface area contributed by atoms with Gasteiger partial charge in [0.2, 0.25) is 5.91 Å². The van der Waals surface area contributed by atoms with Crippen LogP contribution in [0.3, 0.4) is 0 Å². The van der Waals surface area contributed by atoms with Gasteiger partial charge in [-0.1, -0.05) is 17.7 Å². The summed E-state index contributed by atoms with van der Waals surface area (Å²) in [5.41, 5.74) is 7.37. The van der Waals surface area contributed by atoms with Gasteiger partial charge < -0.3 is 11.1 Å². The number of carbonyl (C=O) groups is 1. The van der Waals surface area contributed by atoms with Gasteiger partial charge in [0.05, 0.1) is 10.8 Å². The summed E-state index contributed by atoms with van der Waals surface area (Å²) < 4.78 is 25.2. The lowest BCUT2D eigenvalue weighted by Gasteiger charge is -2.06. The molecule has 110 valence electrons. The van der Waals surface area contributed by atoms with Crippen molar-refractivity contribution in [2.45, 2.75) is 11.8 Å². The number of anilines is 2. The molecular formula is C15H15FN2O2S. The van der Waals surface area contributed by atoms with E-state index in [-0.39, 0.29) is 16.3 Å². The summed E-state index contributed by atoms with van der Waals surface area (Å²) in [4.78, 5) is 12.0. The van der Waals surface area contributed by atoms with Gasteiger partial charge in [0.15, 0.2) is 0 Å². The summed E-state index contributed by atoms with van der Waals surface area (Å²) in [6, 6.07) is 10.9. The molecule has 0 heterocycles. The molecule has 1 unspecified atom stereocenters. The Morgan fingerprint density at radius 3 is 2.52 bits per heavy atom. The van der Waals surface area contributed by atoms with Crippen molar-refractivity contribution in [3.8, 4) is 0 Å². The maximum Gasteiger partial charge on any atom is 0.237 e. The van der Waals surface area contributed by atoms with Crippen LogP contribution in [0.2, 0.25) is 0 Å². The third-order valence-electron chi connectivity index (χ3n) is 2.75. The third-order valence-corrected chi connectivity index (χ3v) is 4.04. The number of benzene rings is 2. The summed E-state index contributed by atoms with van der Waals surface area (Å²) in [7, 11) is -1.64. The van der Waals surface area contributed by atoms with Crippen molar-refractivity contribution in [1.82, 2.24) is 0 Å². The van der Waals surface area contributed by atoms with Crippen LogP contribution in [0.5, 0.6) is 0 Å². The second-order valence-corrected chi connectivity index (χ2v) is 6.08. The molecule has 21 heavy (non-hydrogen) atoms. The van der Waals surface area contributed by atoms with Crippen LogP contribution < -0.4 is 11.1 Å². The quantitative estimate of drug-likeness (QED) is 0.852. The van der Waals surface area contributed by atoms with E-state index in [0.717, 1.165) is 17.7 Å². The Morgan fingerprint density at radius 2 is 1.90 bits per heavy atom. The predicted molar refractivity (Wildman–Crippen MR) is 81.9 cm³/mol. The van der Waals surface area contributed by atoms with E-state index in [9.17, 15) is 13.4 Å². The van der Waals surface area contributed by atoms with Gasteiger partial charge in [-0.15, -0.1) is 0 Å². The van der Waals surface area contributed by atoms with Crippen molar-refractivity contribution in [1.29, 1.82) is 0 Å². The highest BCUT2D eigenvalue weighted by atomic mass is 32.2. The average molecular weight is 306 g/mol. The number of halogens is 1. The lowest BCUT2D eigenvalue weighted by molar-refractivity contribution is -0.113. The maximum atomic E-state index is 13.2. The summed E-state index contributed by atoms with van der Waals surface area (Å²) >= 11 is 0. The fourth-order valence-corrected chi connectivity index (χ4v) is 2.74. The molecule has 0 aliphatic rings. The molecule has 6 heteroatoms. The molecular weight excluding hydrogens is 291 g/mol. The fraction of sp³-hybridized carbons (Fsp3) is 0.133. The van der Waals surface area contributed by atoms with Gasteiger partial charge >= 0.3 is 0 Å². The van der Waals surface area contributed by atoms with Crippen molar-refractivity contribution in [3.05, 3.63) is 53.8 Å². The van der Waals surface area contributed by atoms with E-state index in [1.807, 2.05) is 19.1 Å². The fourth-order valence-electron chi connectivity index (χ4n) is 1.75. The molecule has 0 saturated carbocycles. The monoisotopic (exact) mass is 306 g/mol. The minimum absolute atomic E-state index is 0.178. The molecule has 0 saturated heterocycles. The van der Waals surface area contributed by atoms with Crippen LogP contribution >= 0.6 is 0 Å². The number of nitrogen functional groups attached to an aromatic ring is 1. The van der Waals surface area contributed by atoms with E-state index in [4.69, 9.17) is 5.73 Å². The first-order chi connectivity index (χ1) is 9.94. The van der Waals surface area contributed by atoms with E-state index in [0.29, 0.717) is 5.69 Å². The summed E-state index contributed by atoms with van der Waals surface area (Å²) in [5.74, 6) is -1.23.